The van der Waals surface area contributed by atoms with Gasteiger partial charge in [-0.15, -0.1) is 0 Å². The van der Waals surface area contributed by atoms with Crippen molar-refractivity contribution in [3.8, 4) is 50.7 Å². The SMILES string of the molecule is CC1(C)c2ccccc2-c2cc3c4ccccc4n(-c4cc(-c5cccc(-c6ccccc6)c5)nc(-c5cccc6oc7ccccc7c56)n4)c3cc21. The molecule has 7 aromatic carbocycles. The van der Waals surface area contributed by atoms with Gasteiger partial charge in [0.1, 0.15) is 17.0 Å². The summed E-state index contributed by atoms with van der Waals surface area (Å²) in [6.45, 7) is 4.68. The highest BCUT2D eigenvalue weighted by Crippen LogP contribution is 2.51. The van der Waals surface area contributed by atoms with Gasteiger partial charge in [0.2, 0.25) is 0 Å². The standard InChI is InChI=1S/C49H33N3O/c1-49(2)39-22-9-6-18-33(39)37-27-38-34-19-7-10-23-42(34)52(43(38)28-40(37)49)46-29-41(32-17-12-16-31(26-32)30-14-4-3-5-15-30)50-48(51-46)36-21-13-25-45-47(36)35-20-8-11-24-44(35)53-45/h3-29H,1-2H3. The molecule has 0 amide bonds. The molecule has 0 fully saturated rings. The lowest BCUT2D eigenvalue weighted by molar-refractivity contribution is 0.661. The predicted octanol–water partition coefficient (Wildman–Crippen LogP) is 12.8. The fourth-order valence-corrected chi connectivity index (χ4v) is 8.68. The van der Waals surface area contributed by atoms with Crippen molar-refractivity contribution in [2.75, 3.05) is 0 Å². The van der Waals surface area contributed by atoms with Crippen molar-refractivity contribution < 1.29 is 4.42 Å². The van der Waals surface area contributed by atoms with Crippen molar-refractivity contribution in [3.05, 3.63) is 175 Å². The van der Waals surface area contributed by atoms with Crippen LogP contribution in [0.3, 0.4) is 0 Å². The minimum atomic E-state index is -0.140. The number of hydrogen-bond donors (Lipinski definition) is 0. The van der Waals surface area contributed by atoms with Crippen LogP contribution < -0.4 is 0 Å². The molecule has 3 heterocycles. The summed E-state index contributed by atoms with van der Waals surface area (Å²) in [6, 6.07) is 58.1. The second-order valence-electron chi connectivity index (χ2n) is 14.6. The number of nitrogens with zero attached hydrogens (tertiary/aromatic N) is 3. The highest BCUT2D eigenvalue weighted by molar-refractivity contribution is 6.13. The summed E-state index contributed by atoms with van der Waals surface area (Å²) in [5, 5.41) is 4.48. The second-order valence-corrected chi connectivity index (χ2v) is 14.6. The van der Waals surface area contributed by atoms with E-state index in [9.17, 15) is 0 Å². The molecule has 0 bridgehead atoms. The van der Waals surface area contributed by atoms with Crippen LogP contribution in [-0.2, 0) is 5.41 Å². The maximum Gasteiger partial charge on any atom is 0.162 e. The largest absolute Gasteiger partial charge is 0.456 e. The summed E-state index contributed by atoms with van der Waals surface area (Å²) in [7, 11) is 0. The van der Waals surface area contributed by atoms with Gasteiger partial charge in [0.05, 0.1) is 16.7 Å². The zero-order chi connectivity index (χ0) is 35.3. The third-order valence-corrected chi connectivity index (χ3v) is 11.2. The normalized spacial score (nSPS) is 13.2. The van der Waals surface area contributed by atoms with Gasteiger partial charge < -0.3 is 4.42 Å². The van der Waals surface area contributed by atoms with Crippen LogP contribution in [0, 0.1) is 0 Å². The molecule has 11 rings (SSSR count). The molecule has 0 atom stereocenters. The number of rotatable bonds is 4. The first-order valence-corrected chi connectivity index (χ1v) is 18.2. The van der Waals surface area contributed by atoms with Gasteiger partial charge in [0, 0.05) is 44.2 Å². The van der Waals surface area contributed by atoms with Crippen molar-refractivity contribution in [2.45, 2.75) is 19.3 Å². The smallest absolute Gasteiger partial charge is 0.162 e. The summed E-state index contributed by atoms with van der Waals surface area (Å²) < 4.78 is 8.68. The Morgan fingerprint density at radius 1 is 0.472 bits per heavy atom. The molecule has 0 N–H and O–H groups in total. The van der Waals surface area contributed by atoms with Gasteiger partial charge in [-0.05, 0) is 69.8 Å². The second kappa shape index (κ2) is 11.1. The number of hydrogen-bond acceptors (Lipinski definition) is 3. The van der Waals surface area contributed by atoms with E-state index < -0.39 is 0 Å². The number of para-hydroxylation sites is 2. The van der Waals surface area contributed by atoms with E-state index in [1.54, 1.807) is 0 Å². The van der Waals surface area contributed by atoms with Crippen molar-refractivity contribution >= 4 is 43.7 Å². The lowest BCUT2D eigenvalue weighted by Gasteiger charge is -2.21. The average Bonchev–Trinajstić information content (AvgIpc) is 3.83. The Hall–Kier alpha value is -6.78. The molecule has 0 aliphatic heterocycles. The fraction of sp³-hybridized carbons (Fsp3) is 0.0612. The third-order valence-electron chi connectivity index (χ3n) is 11.2. The zero-order valence-electron chi connectivity index (χ0n) is 29.3. The molecule has 4 nitrogen and oxygen atoms in total. The van der Waals surface area contributed by atoms with Crippen LogP contribution in [0.4, 0.5) is 0 Å². The first-order chi connectivity index (χ1) is 26.0. The Bertz CT molecular complexity index is 3090. The summed E-state index contributed by atoms with van der Waals surface area (Å²) in [5.74, 6) is 1.47. The molecule has 3 aromatic heterocycles. The molecule has 53 heavy (non-hydrogen) atoms. The van der Waals surface area contributed by atoms with Crippen LogP contribution in [0.5, 0.6) is 0 Å². The number of aromatic nitrogens is 3. The van der Waals surface area contributed by atoms with Crippen molar-refractivity contribution in [1.29, 1.82) is 0 Å². The van der Waals surface area contributed by atoms with E-state index >= 15 is 0 Å². The predicted molar refractivity (Wildman–Crippen MR) is 218 cm³/mol. The maximum atomic E-state index is 6.34. The van der Waals surface area contributed by atoms with Crippen LogP contribution in [-0.4, -0.2) is 14.5 Å². The zero-order valence-corrected chi connectivity index (χ0v) is 29.3. The van der Waals surface area contributed by atoms with E-state index in [1.807, 2.05) is 24.3 Å². The Morgan fingerprint density at radius 2 is 1.17 bits per heavy atom. The van der Waals surface area contributed by atoms with Crippen LogP contribution in [0.25, 0.3) is 94.5 Å². The van der Waals surface area contributed by atoms with Crippen LogP contribution in [0.2, 0.25) is 0 Å². The van der Waals surface area contributed by atoms with Gasteiger partial charge >= 0.3 is 0 Å². The van der Waals surface area contributed by atoms with Gasteiger partial charge in [0.25, 0.3) is 0 Å². The summed E-state index contributed by atoms with van der Waals surface area (Å²) in [5.41, 5.74) is 14.2. The monoisotopic (exact) mass is 679 g/mol. The Balaban J connectivity index is 1.22. The molecule has 1 aliphatic carbocycles. The molecule has 0 saturated heterocycles. The number of furan rings is 1. The van der Waals surface area contributed by atoms with Crippen LogP contribution >= 0.6 is 0 Å². The van der Waals surface area contributed by atoms with Gasteiger partial charge in [-0.25, -0.2) is 9.97 Å². The minimum absolute atomic E-state index is 0.140. The molecular weight excluding hydrogens is 647 g/mol. The van der Waals surface area contributed by atoms with E-state index in [2.05, 4.69) is 158 Å². The highest BCUT2D eigenvalue weighted by Gasteiger charge is 2.36. The molecule has 0 saturated carbocycles. The van der Waals surface area contributed by atoms with Gasteiger partial charge in [-0.2, -0.15) is 0 Å². The molecule has 250 valence electrons. The van der Waals surface area contributed by atoms with E-state index in [0.717, 1.165) is 61.2 Å². The van der Waals surface area contributed by atoms with E-state index in [-0.39, 0.29) is 5.41 Å². The molecule has 4 heteroatoms. The Morgan fingerprint density at radius 3 is 2.08 bits per heavy atom. The lowest BCUT2D eigenvalue weighted by Crippen LogP contribution is -2.15. The highest BCUT2D eigenvalue weighted by atomic mass is 16.3. The minimum Gasteiger partial charge on any atom is -0.456 e. The first kappa shape index (κ1) is 29.9. The molecule has 10 aromatic rings. The molecule has 0 spiro atoms. The van der Waals surface area contributed by atoms with E-state index in [0.29, 0.717) is 5.82 Å². The van der Waals surface area contributed by atoms with Crippen LogP contribution in [0.15, 0.2) is 168 Å². The first-order valence-electron chi connectivity index (χ1n) is 18.2. The summed E-state index contributed by atoms with van der Waals surface area (Å²) in [6.07, 6.45) is 0. The molecule has 1 aliphatic rings. The molecule has 0 radical (unpaired) electrons. The van der Waals surface area contributed by atoms with Gasteiger partial charge in [-0.1, -0.05) is 135 Å². The Kier molecular flexibility index (Phi) is 6.27. The van der Waals surface area contributed by atoms with Gasteiger partial charge in [0.15, 0.2) is 5.82 Å². The Labute approximate surface area is 306 Å². The van der Waals surface area contributed by atoms with Crippen molar-refractivity contribution in [2.24, 2.45) is 0 Å². The molecular formula is C49H33N3O. The van der Waals surface area contributed by atoms with Gasteiger partial charge in [-0.3, -0.25) is 4.57 Å². The van der Waals surface area contributed by atoms with Crippen LogP contribution in [0.1, 0.15) is 25.0 Å². The average molecular weight is 680 g/mol. The maximum absolute atomic E-state index is 6.34. The van der Waals surface area contributed by atoms with Crippen molar-refractivity contribution in [3.63, 3.8) is 0 Å². The van der Waals surface area contributed by atoms with Crippen molar-refractivity contribution in [1.82, 2.24) is 14.5 Å². The molecule has 0 unspecified atom stereocenters. The lowest BCUT2D eigenvalue weighted by atomic mass is 9.82. The third kappa shape index (κ3) is 4.42. The summed E-state index contributed by atoms with van der Waals surface area (Å²) >= 11 is 0. The number of fused-ring (bicyclic) bond motifs is 9. The quantitative estimate of drug-likeness (QED) is 0.186. The topological polar surface area (TPSA) is 43.9 Å². The summed E-state index contributed by atoms with van der Waals surface area (Å²) in [4.78, 5) is 10.8. The number of benzene rings is 7. The van der Waals surface area contributed by atoms with E-state index in [4.69, 9.17) is 14.4 Å². The fourth-order valence-electron chi connectivity index (χ4n) is 8.68. The van der Waals surface area contributed by atoms with E-state index in [1.165, 1.54) is 38.6 Å².